The number of hydrogen-bond donors (Lipinski definition) is 1. The molecule has 0 aliphatic heterocycles. The lowest BCUT2D eigenvalue weighted by Gasteiger charge is -2.04. The summed E-state index contributed by atoms with van der Waals surface area (Å²) in [4.78, 5) is 16.6. The van der Waals surface area contributed by atoms with E-state index in [0.29, 0.717) is 6.42 Å². The Hall–Kier alpha value is -2.68. The number of hydrogen-bond acceptors (Lipinski definition) is 3. The van der Waals surface area contributed by atoms with Crippen molar-refractivity contribution in [2.24, 2.45) is 0 Å². The van der Waals surface area contributed by atoms with Crippen LogP contribution in [0.1, 0.15) is 22.3 Å². The molecular formula is C18H16N2O. The highest BCUT2D eigenvalue weighted by molar-refractivity contribution is 5.99. The van der Waals surface area contributed by atoms with Crippen molar-refractivity contribution in [1.82, 2.24) is 4.98 Å². The highest BCUT2D eigenvalue weighted by Crippen LogP contribution is 2.16. The van der Waals surface area contributed by atoms with E-state index >= 15 is 0 Å². The zero-order valence-electron chi connectivity index (χ0n) is 11.6. The molecular weight excluding hydrogens is 260 g/mol. The summed E-state index contributed by atoms with van der Waals surface area (Å²) in [5.41, 5.74) is 9.09. The molecule has 0 unspecified atom stereocenters. The van der Waals surface area contributed by atoms with Crippen molar-refractivity contribution in [2.75, 3.05) is 5.73 Å². The fourth-order valence-corrected chi connectivity index (χ4v) is 2.33. The fourth-order valence-electron chi connectivity index (χ4n) is 2.33. The number of carbonyl (C=O) groups is 1. The monoisotopic (exact) mass is 276 g/mol. The molecule has 0 radical (unpaired) electrons. The first-order chi connectivity index (χ1) is 10.2. The van der Waals surface area contributed by atoms with E-state index < -0.39 is 0 Å². The maximum Gasteiger partial charge on any atom is 0.163 e. The van der Waals surface area contributed by atoms with Gasteiger partial charge in [0.1, 0.15) is 0 Å². The van der Waals surface area contributed by atoms with Gasteiger partial charge in [-0.3, -0.25) is 9.78 Å². The Bertz CT molecular complexity index is 779. The number of benzene rings is 2. The van der Waals surface area contributed by atoms with E-state index in [0.717, 1.165) is 34.1 Å². The highest BCUT2D eigenvalue weighted by Gasteiger charge is 2.07. The van der Waals surface area contributed by atoms with Gasteiger partial charge in [-0.2, -0.15) is 0 Å². The molecule has 3 heteroatoms. The van der Waals surface area contributed by atoms with Crippen LogP contribution in [0.5, 0.6) is 0 Å². The number of nitrogen functional groups attached to an aromatic ring is 1. The van der Waals surface area contributed by atoms with Crippen LogP contribution in [0.15, 0.2) is 60.8 Å². The molecule has 0 bridgehead atoms. The van der Waals surface area contributed by atoms with Crippen LogP contribution in [0.25, 0.3) is 10.9 Å². The van der Waals surface area contributed by atoms with Gasteiger partial charge in [0.25, 0.3) is 0 Å². The fraction of sp³-hybridized carbons (Fsp3) is 0.111. The van der Waals surface area contributed by atoms with Gasteiger partial charge in [0, 0.05) is 29.3 Å². The van der Waals surface area contributed by atoms with Crippen LogP contribution in [-0.2, 0) is 6.42 Å². The molecule has 3 rings (SSSR count). The molecule has 104 valence electrons. The minimum Gasteiger partial charge on any atom is -0.399 e. The van der Waals surface area contributed by atoms with Crippen molar-refractivity contribution in [1.29, 1.82) is 0 Å². The number of carbonyl (C=O) groups excluding carboxylic acids is 1. The van der Waals surface area contributed by atoms with Gasteiger partial charge in [-0.25, -0.2) is 0 Å². The number of nitrogens with two attached hydrogens (primary N) is 1. The van der Waals surface area contributed by atoms with E-state index in [2.05, 4.69) is 4.98 Å². The summed E-state index contributed by atoms with van der Waals surface area (Å²) in [6.07, 6.45) is 2.95. The van der Waals surface area contributed by atoms with Crippen molar-refractivity contribution in [3.05, 3.63) is 71.9 Å². The van der Waals surface area contributed by atoms with Crippen molar-refractivity contribution in [2.45, 2.75) is 12.8 Å². The van der Waals surface area contributed by atoms with Crippen LogP contribution in [0, 0.1) is 0 Å². The predicted molar refractivity (Wildman–Crippen MR) is 85.2 cm³/mol. The smallest absolute Gasteiger partial charge is 0.163 e. The van der Waals surface area contributed by atoms with Crippen molar-refractivity contribution in [3.8, 4) is 0 Å². The van der Waals surface area contributed by atoms with Gasteiger partial charge in [0.15, 0.2) is 5.78 Å². The van der Waals surface area contributed by atoms with Crippen LogP contribution < -0.4 is 5.73 Å². The van der Waals surface area contributed by atoms with E-state index in [-0.39, 0.29) is 5.78 Å². The van der Waals surface area contributed by atoms with Crippen LogP contribution in [0.2, 0.25) is 0 Å². The van der Waals surface area contributed by atoms with E-state index in [1.165, 1.54) is 0 Å². The number of aromatic nitrogens is 1. The third-order valence-corrected chi connectivity index (χ3v) is 3.55. The molecule has 21 heavy (non-hydrogen) atoms. The minimum atomic E-state index is 0.138. The lowest BCUT2D eigenvalue weighted by molar-refractivity contribution is 0.0983. The molecule has 3 aromatic rings. The molecule has 1 aromatic heterocycles. The quantitative estimate of drug-likeness (QED) is 0.584. The van der Waals surface area contributed by atoms with Crippen LogP contribution in [0.4, 0.5) is 5.69 Å². The second kappa shape index (κ2) is 5.75. The summed E-state index contributed by atoms with van der Waals surface area (Å²) < 4.78 is 0. The first-order valence-electron chi connectivity index (χ1n) is 6.95. The molecule has 0 saturated carbocycles. The van der Waals surface area contributed by atoms with Gasteiger partial charge in [0.05, 0.1) is 5.52 Å². The molecule has 0 spiro atoms. The Morgan fingerprint density at radius 2 is 1.86 bits per heavy atom. The second-order valence-electron chi connectivity index (χ2n) is 5.08. The van der Waals surface area contributed by atoms with Crippen LogP contribution in [0.3, 0.4) is 0 Å². The number of rotatable bonds is 4. The number of nitrogens with zero attached hydrogens (tertiary/aromatic N) is 1. The van der Waals surface area contributed by atoms with Gasteiger partial charge in [-0.15, -0.1) is 0 Å². The molecule has 0 amide bonds. The molecule has 0 aliphatic rings. The number of pyridine rings is 1. The minimum absolute atomic E-state index is 0.138. The van der Waals surface area contributed by atoms with E-state index in [4.69, 9.17) is 5.73 Å². The highest BCUT2D eigenvalue weighted by atomic mass is 16.1. The summed E-state index contributed by atoms with van der Waals surface area (Å²) in [6, 6.07) is 17.2. The molecule has 2 aromatic carbocycles. The summed E-state index contributed by atoms with van der Waals surface area (Å²) in [5, 5.41) is 1.05. The predicted octanol–water partition coefficient (Wildman–Crippen LogP) is 3.63. The molecule has 1 heterocycles. The van der Waals surface area contributed by atoms with Gasteiger partial charge in [-0.05, 0) is 36.2 Å². The Kier molecular flexibility index (Phi) is 3.65. The SMILES string of the molecule is Nc1ccc(CCC(=O)c2ccc3cccnc3c2)cc1. The number of ketones is 1. The Labute approximate surface area is 123 Å². The normalized spacial score (nSPS) is 10.7. The Morgan fingerprint density at radius 3 is 2.67 bits per heavy atom. The van der Waals surface area contributed by atoms with Gasteiger partial charge in [0.2, 0.25) is 0 Å². The zero-order valence-corrected chi connectivity index (χ0v) is 11.6. The molecule has 3 nitrogen and oxygen atoms in total. The largest absolute Gasteiger partial charge is 0.399 e. The lowest BCUT2D eigenvalue weighted by Crippen LogP contribution is -2.01. The van der Waals surface area contributed by atoms with Crippen LogP contribution in [-0.4, -0.2) is 10.8 Å². The van der Waals surface area contributed by atoms with E-state index in [9.17, 15) is 4.79 Å². The van der Waals surface area contributed by atoms with Crippen LogP contribution >= 0.6 is 0 Å². The number of aryl methyl sites for hydroxylation is 1. The Morgan fingerprint density at radius 1 is 1.05 bits per heavy atom. The third-order valence-electron chi connectivity index (χ3n) is 3.55. The second-order valence-corrected chi connectivity index (χ2v) is 5.08. The first-order valence-corrected chi connectivity index (χ1v) is 6.95. The summed E-state index contributed by atoms with van der Waals surface area (Å²) in [6.45, 7) is 0. The first kappa shape index (κ1) is 13.3. The number of fused-ring (bicyclic) bond motifs is 1. The van der Waals surface area contributed by atoms with Crippen molar-refractivity contribution in [3.63, 3.8) is 0 Å². The summed E-state index contributed by atoms with van der Waals surface area (Å²) in [5.74, 6) is 0.138. The summed E-state index contributed by atoms with van der Waals surface area (Å²) in [7, 11) is 0. The topological polar surface area (TPSA) is 56.0 Å². The van der Waals surface area contributed by atoms with Gasteiger partial charge < -0.3 is 5.73 Å². The molecule has 0 aliphatic carbocycles. The van der Waals surface area contributed by atoms with Crippen molar-refractivity contribution >= 4 is 22.4 Å². The molecule has 0 saturated heterocycles. The third kappa shape index (κ3) is 3.08. The van der Waals surface area contributed by atoms with E-state index in [1.54, 1.807) is 6.20 Å². The lowest BCUT2D eigenvalue weighted by atomic mass is 10.0. The summed E-state index contributed by atoms with van der Waals surface area (Å²) >= 11 is 0. The number of anilines is 1. The van der Waals surface area contributed by atoms with Gasteiger partial charge in [-0.1, -0.05) is 30.3 Å². The van der Waals surface area contributed by atoms with Gasteiger partial charge >= 0.3 is 0 Å². The zero-order chi connectivity index (χ0) is 14.7. The Balaban J connectivity index is 1.73. The standard InChI is InChI=1S/C18H16N2O/c19-16-8-3-13(4-9-16)5-10-18(21)15-7-6-14-2-1-11-20-17(14)12-15/h1-4,6-9,11-12H,5,10,19H2. The maximum atomic E-state index is 12.3. The molecule has 0 fully saturated rings. The number of Topliss-reactive ketones (excluding diaryl/α,β-unsaturated/α-hetero) is 1. The molecule has 2 N–H and O–H groups in total. The maximum absolute atomic E-state index is 12.3. The van der Waals surface area contributed by atoms with E-state index in [1.807, 2.05) is 54.6 Å². The average Bonchev–Trinajstić information content (AvgIpc) is 2.53. The molecule has 0 atom stereocenters. The average molecular weight is 276 g/mol. The van der Waals surface area contributed by atoms with Crippen molar-refractivity contribution < 1.29 is 4.79 Å².